The van der Waals surface area contributed by atoms with Crippen LogP contribution in [0.3, 0.4) is 0 Å². The molecule has 0 amide bonds. The maximum Gasteiger partial charge on any atom is 0.264 e. The Bertz CT molecular complexity index is 685. The molecular weight excluding hydrogens is 382 g/mol. The van der Waals surface area contributed by atoms with E-state index in [1.807, 2.05) is 36.4 Å². The fourth-order valence-electron chi connectivity index (χ4n) is 1.67. The Morgan fingerprint density at radius 3 is 2.68 bits per heavy atom. The van der Waals surface area contributed by atoms with Crippen molar-refractivity contribution >= 4 is 34.2 Å². The van der Waals surface area contributed by atoms with Gasteiger partial charge in [-0.25, -0.2) is 9.37 Å². The van der Waals surface area contributed by atoms with Gasteiger partial charge in [0.05, 0.1) is 14.3 Å². The molecule has 0 aliphatic heterocycles. The molecule has 3 nitrogen and oxygen atoms in total. The third-order valence-corrected chi connectivity index (χ3v) is 3.98. The second kappa shape index (κ2) is 5.58. The summed E-state index contributed by atoms with van der Waals surface area (Å²) in [4.78, 5) is 19.0. The molecule has 1 aromatic heterocycles. The van der Waals surface area contributed by atoms with Gasteiger partial charge >= 0.3 is 0 Å². The third kappa shape index (κ3) is 2.97. The van der Waals surface area contributed by atoms with Gasteiger partial charge in [0.25, 0.3) is 5.56 Å². The Morgan fingerprint density at radius 2 is 2.11 bits per heavy atom. The Morgan fingerprint density at radius 1 is 1.42 bits per heavy atom. The van der Waals surface area contributed by atoms with Gasteiger partial charge < -0.3 is 4.98 Å². The summed E-state index contributed by atoms with van der Waals surface area (Å²) in [6, 6.07) is 3.99. The van der Waals surface area contributed by atoms with Crippen LogP contribution in [0, 0.1) is 9.39 Å². The van der Waals surface area contributed by atoms with E-state index < -0.39 is 5.82 Å². The summed E-state index contributed by atoms with van der Waals surface area (Å²) >= 11 is 7.96. The minimum absolute atomic E-state index is 0.118. The van der Waals surface area contributed by atoms with Crippen molar-refractivity contribution < 1.29 is 4.39 Å². The van der Waals surface area contributed by atoms with E-state index in [4.69, 9.17) is 11.6 Å². The molecule has 0 saturated heterocycles. The van der Waals surface area contributed by atoms with E-state index in [-0.39, 0.29) is 16.5 Å². The predicted molar refractivity (Wildman–Crippen MR) is 82.1 cm³/mol. The minimum Gasteiger partial charge on any atom is -0.306 e. The van der Waals surface area contributed by atoms with Crippen molar-refractivity contribution in [3.05, 3.63) is 48.7 Å². The van der Waals surface area contributed by atoms with E-state index in [0.29, 0.717) is 20.7 Å². The Labute approximate surface area is 128 Å². The van der Waals surface area contributed by atoms with Gasteiger partial charge in [0, 0.05) is 5.56 Å². The van der Waals surface area contributed by atoms with Crippen LogP contribution >= 0.6 is 34.2 Å². The number of rotatable bonds is 2. The summed E-state index contributed by atoms with van der Waals surface area (Å²) in [7, 11) is 0. The number of aromatic nitrogens is 2. The Balaban J connectivity index is 2.66. The van der Waals surface area contributed by atoms with Crippen LogP contribution in [0.2, 0.25) is 5.02 Å². The van der Waals surface area contributed by atoms with Crippen molar-refractivity contribution in [2.45, 2.75) is 19.8 Å². The lowest BCUT2D eigenvalue weighted by molar-refractivity contribution is 0.628. The molecule has 0 saturated carbocycles. The van der Waals surface area contributed by atoms with Crippen molar-refractivity contribution in [3.8, 4) is 11.4 Å². The van der Waals surface area contributed by atoms with Crippen molar-refractivity contribution in [3.63, 3.8) is 0 Å². The van der Waals surface area contributed by atoms with E-state index in [1.165, 1.54) is 18.2 Å². The van der Waals surface area contributed by atoms with E-state index >= 15 is 0 Å². The normalized spacial score (nSPS) is 11.1. The standard InChI is InChI=1S/C13H11ClFIN2O/c1-6(2)11-10(16)13(19)18-12(17-11)8-4-3-7(15)5-9(8)14/h3-6H,1-2H3,(H,17,18,19). The number of nitrogens with zero attached hydrogens (tertiary/aromatic N) is 1. The lowest BCUT2D eigenvalue weighted by atomic mass is 10.1. The van der Waals surface area contributed by atoms with Gasteiger partial charge in [-0.15, -0.1) is 0 Å². The van der Waals surface area contributed by atoms with Crippen LogP contribution in [-0.2, 0) is 0 Å². The molecule has 2 rings (SSSR count). The molecule has 100 valence electrons. The molecule has 19 heavy (non-hydrogen) atoms. The molecule has 0 fully saturated rings. The number of aromatic amines is 1. The van der Waals surface area contributed by atoms with Gasteiger partial charge in [0.15, 0.2) is 0 Å². The Kier molecular flexibility index (Phi) is 4.25. The number of H-pyrrole nitrogens is 1. The maximum atomic E-state index is 13.0. The zero-order valence-electron chi connectivity index (χ0n) is 10.3. The highest BCUT2D eigenvalue weighted by molar-refractivity contribution is 14.1. The number of nitrogens with one attached hydrogen (secondary N) is 1. The lowest BCUT2D eigenvalue weighted by Crippen LogP contribution is -2.17. The lowest BCUT2D eigenvalue weighted by Gasteiger charge is -2.10. The van der Waals surface area contributed by atoms with Crippen molar-refractivity contribution in [2.75, 3.05) is 0 Å². The first-order valence-corrected chi connectivity index (χ1v) is 7.11. The van der Waals surface area contributed by atoms with E-state index in [1.54, 1.807) is 0 Å². The second-order valence-corrected chi connectivity index (χ2v) is 5.88. The van der Waals surface area contributed by atoms with Gasteiger partial charge in [0.1, 0.15) is 11.6 Å². The summed E-state index contributed by atoms with van der Waals surface area (Å²) in [5.74, 6) is 0.0528. The van der Waals surface area contributed by atoms with Gasteiger partial charge in [-0.1, -0.05) is 25.4 Å². The van der Waals surface area contributed by atoms with E-state index in [0.717, 1.165) is 0 Å². The van der Waals surface area contributed by atoms with E-state index in [9.17, 15) is 9.18 Å². The van der Waals surface area contributed by atoms with Crippen LogP contribution < -0.4 is 5.56 Å². The highest BCUT2D eigenvalue weighted by Gasteiger charge is 2.14. The summed E-state index contributed by atoms with van der Waals surface area (Å²) in [5.41, 5.74) is 1.01. The highest BCUT2D eigenvalue weighted by Crippen LogP contribution is 2.27. The summed E-state index contributed by atoms with van der Waals surface area (Å²) in [6.45, 7) is 3.92. The molecule has 0 spiro atoms. The number of benzene rings is 1. The molecule has 1 aromatic carbocycles. The first-order chi connectivity index (χ1) is 8.90. The molecule has 6 heteroatoms. The Hall–Kier alpha value is -0.950. The molecule has 0 unspecified atom stereocenters. The number of hydrogen-bond donors (Lipinski definition) is 1. The zero-order valence-corrected chi connectivity index (χ0v) is 13.2. The summed E-state index contributed by atoms with van der Waals surface area (Å²) < 4.78 is 13.6. The fraction of sp³-hybridized carbons (Fsp3) is 0.231. The first kappa shape index (κ1) is 14.5. The molecule has 1 N–H and O–H groups in total. The average Bonchev–Trinajstić information content (AvgIpc) is 2.32. The molecule has 0 bridgehead atoms. The van der Waals surface area contributed by atoms with Crippen molar-refractivity contribution in [1.29, 1.82) is 0 Å². The van der Waals surface area contributed by atoms with Crippen LogP contribution in [-0.4, -0.2) is 9.97 Å². The molecule has 0 atom stereocenters. The average molecular weight is 393 g/mol. The number of halogens is 3. The maximum absolute atomic E-state index is 13.0. The van der Waals surface area contributed by atoms with Crippen LogP contribution in [0.4, 0.5) is 4.39 Å². The van der Waals surface area contributed by atoms with Gasteiger partial charge in [0.2, 0.25) is 0 Å². The summed E-state index contributed by atoms with van der Waals surface area (Å²) in [6.07, 6.45) is 0. The molecule has 0 aliphatic rings. The minimum atomic E-state index is -0.425. The predicted octanol–water partition coefficient (Wildman–Crippen LogP) is 3.96. The van der Waals surface area contributed by atoms with Crippen molar-refractivity contribution in [2.24, 2.45) is 0 Å². The SMILES string of the molecule is CC(C)c1nc(-c2ccc(F)cc2Cl)[nH]c(=O)c1I. The van der Waals surface area contributed by atoms with E-state index in [2.05, 4.69) is 9.97 Å². The van der Waals surface area contributed by atoms with Crippen LogP contribution in [0.5, 0.6) is 0 Å². The third-order valence-electron chi connectivity index (χ3n) is 2.62. The first-order valence-electron chi connectivity index (χ1n) is 5.65. The fourth-order valence-corrected chi connectivity index (χ4v) is 2.80. The molecule has 0 radical (unpaired) electrons. The second-order valence-electron chi connectivity index (χ2n) is 4.39. The van der Waals surface area contributed by atoms with Crippen LogP contribution in [0.15, 0.2) is 23.0 Å². The molecule has 2 aromatic rings. The zero-order chi connectivity index (χ0) is 14.2. The van der Waals surface area contributed by atoms with Crippen molar-refractivity contribution in [1.82, 2.24) is 9.97 Å². The highest BCUT2D eigenvalue weighted by atomic mass is 127. The van der Waals surface area contributed by atoms with Gasteiger partial charge in [-0.05, 0) is 46.7 Å². The van der Waals surface area contributed by atoms with Gasteiger partial charge in [-0.2, -0.15) is 0 Å². The topological polar surface area (TPSA) is 45.8 Å². The molecule has 1 heterocycles. The van der Waals surface area contributed by atoms with Crippen LogP contribution in [0.25, 0.3) is 11.4 Å². The number of hydrogen-bond acceptors (Lipinski definition) is 2. The van der Waals surface area contributed by atoms with Gasteiger partial charge in [-0.3, -0.25) is 4.79 Å². The van der Waals surface area contributed by atoms with Crippen LogP contribution in [0.1, 0.15) is 25.5 Å². The smallest absolute Gasteiger partial charge is 0.264 e. The monoisotopic (exact) mass is 392 g/mol. The quantitative estimate of drug-likeness (QED) is 0.787. The molecular formula is C13H11ClFIN2O. The summed E-state index contributed by atoms with van der Waals surface area (Å²) in [5, 5.41) is 0.221. The molecule has 0 aliphatic carbocycles. The largest absolute Gasteiger partial charge is 0.306 e.